The normalized spacial score (nSPS) is 20.7. The van der Waals surface area contributed by atoms with E-state index in [1.54, 1.807) is 6.07 Å². The predicted octanol–water partition coefficient (Wildman–Crippen LogP) is 3.51. The van der Waals surface area contributed by atoms with Gasteiger partial charge in [-0.15, -0.1) is 0 Å². The van der Waals surface area contributed by atoms with Crippen LogP contribution in [0.15, 0.2) is 23.1 Å². The van der Waals surface area contributed by atoms with Crippen molar-refractivity contribution in [2.24, 2.45) is 11.8 Å². The van der Waals surface area contributed by atoms with Crippen molar-refractivity contribution < 1.29 is 18.1 Å². The van der Waals surface area contributed by atoms with Gasteiger partial charge in [-0.2, -0.15) is 4.31 Å². The summed E-state index contributed by atoms with van der Waals surface area (Å²) in [5.74, 6) is 0.267. The van der Waals surface area contributed by atoms with Gasteiger partial charge >= 0.3 is 0 Å². The number of anilines is 1. The van der Waals surface area contributed by atoms with Gasteiger partial charge in [0.25, 0.3) is 5.69 Å². The second-order valence-corrected chi connectivity index (χ2v) is 10.6. The third-order valence-electron chi connectivity index (χ3n) is 4.67. The number of nitrogens with zero attached hydrogens (tertiary/aromatic N) is 3. The van der Waals surface area contributed by atoms with Crippen LogP contribution >= 0.6 is 0 Å². The summed E-state index contributed by atoms with van der Waals surface area (Å²) in [5, 5.41) is 11.4. The van der Waals surface area contributed by atoms with Gasteiger partial charge in [-0.3, -0.25) is 10.1 Å². The summed E-state index contributed by atoms with van der Waals surface area (Å²) in [7, 11) is -3.92. The molecule has 0 amide bonds. The van der Waals surface area contributed by atoms with Gasteiger partial charge in [0.05, 0.1) is 22.8 Å². The minimum Gasteiger partial charge on any atom is -0.372 e. The minimum atomic E-state index is -3.92. The Balaban J connectivity index is 2.59. The van der Waals surface area contributed by atoms with Crippen molar-refractivity contribution in [1.82, 2.24) is 4.31 Å². The molecule has 1 aliphatic heterocycles. The van der Waals surface area contributed by atoms with Crippen LogP contribution in [-0.4, -0.2) is 56.0 Å². The quantitative estimate of drug-likeness (QED) is 0.466. The molecule has 1 aromatic rings. The first kappa shape index (κ1) is 23.6. The van der Waals surface area contributed by atoms with Gasteiger partial charge in [0.2, 0.25) is 10.0 Å². The number of sulfonamides is 1. The molecule has 0 spiro atoms. The molecule has 0 bridgehead atoms. The number of morpholine rings is 1. The number of nitro benzene ring substituents is 1. The van der Waals surface area contributed by atoms with E-state index in [1.807, 2.05) is 46.4 Å². The molecule has 164 valence electrons. The predicted molar refractivity (Wildman–Crippen MR) is 114 cm³/mol. The molecule has 29 heavy (non-hydrogen) atoms. The molecule has 8 nitrogen and oxygen atoms in total. The number of non-ortho nitro benzene ring substituents is 1. The van der Waals surface area contributed by atoms with Crippen molar-refractivity contribution in [3.63, 3.8) is 0 Å². The number of hydrogen-bond donors (Lipinski definition) is 0. The summed E-state index contributed by atoms with van der Waals surface area (Å²) in [6, 6.07) is 4.12. The molecule has 2 atom stereocenters. The Morgan fingerprint density at radius 1 is 1.14 bits per heavy atom. The number of rotatable bonds is 8. The van der Waals surface area contributed by atoms with Gasteiger partial charge < -0.3 is 9.64 Å². The fraction of sp³-hybridized carbons (Fsp3) is 0.700. The van der Waals surface area contributed by atoms with E-state index >= 15 is 0 Å². The first-order valence-electron chi connectivity index (χ1n) is 10.1. The van der Waals surface area contributed by atoms with Crippen LogP contribution in [0.3, 0.4) is 0 Å². The average molecular weight is 428 g/mol. The monoisotopic (exact) mass is 427 g/mol. The Labute approximate surface area is 174 Å². The maximum atomic E-state index is 13.7. The number of hydrogen-bond acceptors (Lipinski definition) is 6. The zero-order valence-corrected chi connectivity index (χ0v) is 19.0. The molecule has 1 aromatic carbocycles. The third-order valence-corrected chi connectivity index (χ3v) is 6.53. The molecule has 0 aliphatic carbocycles. The minimum absolute atomic E-state index is 0.00528. The van der Waals surface area contributed by atoms with E-state index in [0.29, 0.717) is 31.9 Å². The lowest BCUT2D eigenvalue weighted by Gasteiger charge is -2.38. The van der Waals surface area contributed by atoms with Crippen LogP contribution in [0.4, 0.5) is 11.4 Å². The highest BCUT2D eigenvalue weighted by Gasteiger charge is 2.33. The van der Waals surface area contributed by atoms with E-state index in [1.165, 1.54) is 16.4 Å². The van der Waals surface area contributed by atoms with Gasteiger partial charge in [0, 0.05) is 38.3 Å². The van der Waals surface area contributed by atoms with E-state index in [-0.39, 0.29) is 34.6 Å². The number of benzene rings is 1. The summed E-state index contributed by atoms with van der Waals surface area (Å²) in [6.45, 7) is 13.5. The van der Waals surface area contributed by atoms with Crippen LogP contribution < -0.4 is 4.90 Å². The van der Waals surface area contributed by atoms with Crippen molar-refractivity contribution >= 4 is 21.4 Å². The smallest absolute Gasteiger partial charge is 0.270 e. The molecule has 9 heteroatoms. The lowest BCUT2D eigenvalue weighted by molar-refractivity contribution is -0.385. The summed E-state index contributed by atoms with van der Waals surface area (Å²) >= 11 is 0. The molecule has 2 rings (SSSR count). The summed E-state index contributed by atoms with van der Waals surface area (Å²) in [6.07, 6.45) is -0.126. The van der Waals surface area contributed by atoms with Crippen molar-refractivity contribution in [1.29, 1.82) is 0 Å². The SMILES string of the molecule is CC(C)CN(CC(C)C)S(=O)(=O)c1cc([N+](=O)[O-])ccc1N1C[C@@H](C)O[C@@H](C)C1. The Kier molecular flexibility index (Phi) is 7.64. The largest absolute Gasteiger partial charge is 0.372 e. The van der Waals surface area contributed by atoms with E-state index in [4.69, 9.17) is 4.74 Å². The molecular weight excluding hydrogens is 394 g/mol. The maximum Gasteiger partial charge on any atom is 0.270 e. The van der Waals surface area contributed by atoms with Crippen molar-refractivity contribution in [3.05, 3.63) is 28.3 Å². The zero-order valence-electron chi connectivity index (χ0n) is 18.2. The van der Waals surface area contributed by atoms with Crippen LogP contribution in [0.5, 0.6) is 0 Å². The Bertz CT molecular complexity index is 805. The fourth-order valence-corrected chi connectivity index (χ4v) is 5.68. The highest BCUT2D eigenvalue weighted by atomic mass is 32.2. The molecular formula is C20H33N3O5S. The molecule has 0 aromatic heterocycles. The molecule has 0 saturated carbocycles. The van der Waals surface area contributed by atoms with Crippen molar-refractivity contribution in [3.8, 4) is 0 Å². The second kappa shape index (κ2) is 9.40. The summed E-state index contributed by atoms with van der Waals surface area (Å²) in [5.41, 5.74) is 0.269. The topological polar surface area (TPSA) is 93.0 Å². The maximum absolute atomic E-state index is 13.7. The molecule has 1 aliphatic rings. The highest BCUT2D eigenvalue weighted by molar-refractivity contribution is 7.89. The third kappa shape index (κ3) is 5.90. The lowest BCUT2D eigenvalue weighted by atomic mass is 10.2. The van der Waals surface area contributed by atoms with Crippen molar-refractivity contribution in [2.75, 3.05) is 31.1 Å². The molecule has 0 unspecified atom stereocenters. The summed E-state index contributed by atoms with van der Waals surface area (Å²) < 4.78 is 34.5. The first-order valence-corrected chi connectivity index (χ1v) is 11.5. The van der Waals surface area contributed by atoms with Gasteiger partial charge in [-0.05, 0) is 31.7 Å². The van der Waals surface area contributed by atoms with Crippen LogP contribution in [0.2, 0.25) is 0 Å². The lowest BCUT2D eigenvalue weighted by Crippen LogP contribution is -2.46. The van der Waals surface area contributed by atoms with Gasteiger partial charge in [0.1, 0.15) is 4.90 Å². The second-order valence-electron chi connectivity index (χ2n) is 8.68. The Morgan fingerprint density at radius 3 is 2.10 bits per heavy atom. The average Bonchev–Trinajstić information content (AvgIpc) is 2.58. The Hall–Kier alpha value is -1.71. The van der Waals surface area contributed by atoms with E-state index in [2.05, 4.69) is 0 Å². The van der Waals surface area contributed by atoms with Crippen LogP contribution in [0.1, 0.15) is 41.5 Å². The van der Waals surface area contributed by atoms with Gasteiger partial charge in [-0.25, -0.2) is 8.42 Å². The van der Waals surface area contributed by atoms with E-state index < -0.39 is 14.9 Å². The fourth-order valence-electron chi connectivity index (χ4n) is 3.68. The standard InChI is InChI=1S/C20H33N3O5S/c1-14(2)10-22(11-15(3)4)29(26,27)20-9-18(23(24)25)7-8-19(20)21-12-16(5)28-17(6)13-21/h7-9,14-17H,10-13H2,1-6H3/t16-,17+. The van der Waals surface area contributed by atoms with Crippen LogP contribution in [0.25, 0.3) is 0 Å². The van der Waals surface area contributed by atoms with E-state index in [0.717, 1.165) is 0 Å². The summed E-state index contributed by atoms with van der Waals surface area (Å²) in [4.78, 5) is 12.8. The number of ether oxygens (including phenoxy) is 1. The van der Waals surface area contributed by atoms with Gasteiger partial charge in [0.15, 0.2) is 0 Å². The van der Waals surface area contributed by atoms with Gasteiger partial charge in [-0.1, -0.05) is 27.7 Å². The van der Waals surface area contributed by atoms with Crippen molar-refractivity contribution in [2.45, 2.75) is 58.6 Å². The molecule has 0 radical (unpaired) electrons. The first-order chi connectivity index (χ1) is 13.4. The van der Waals surface area contributed by atoms with E-state index in [9.17, 15) is 18.5 Å². The highest BCUT2D eigenvalue weighted by Crippen LogP contribution is 2.34. The van der Waals surface area contributed by atoms with Crippen LogP contribution in [0, 0.1) is 22.0 Å². The number of nitro groups is 1. The van der Waals surface area contributed by atoms with Crippen LogP contribution in [-0.2, 0) is 14.8 Å². The molecule has 0 N–H and O–H groups in total. The molecule has 1 saturated heterocycles. The molecule has 1 fully saturated rings. The molecule has 1 heterocycles. The Morgan fingerprint density at radius 2 is 1.66 bits per heavy atom. The zero-order chi connectivity index (χ0) is 21.9.